The van der Waals surface area contributed by atoms with Crippen LogP contribution in [-0.2, 0) is 23.7 Å². The van der Waals surface area contributed by atoms with E-state index in [0.717, 1.165) is 0 Å². The maximum atomic E-state index is 5.29. The second kappa shape index (κ2) is 4.27. The molecule has 0 saturated heterocycles. The van der Waals surface area contributed by atoms with E-state index in [-0.39, 0.29) is 0 Å². The van der Waals surface area contributed by atoms with Crippen molar-refractivity contribution in [1.82, 2.24) is 0 Å². The topological polar surface area (TPSA) is 46.2 Å². The Balaban J connectivity index is 3.04. The first-order chi connectivity index (χ1) is 6.70. The van der Waals surface area contributed by atoms with Crippen LogP contribution in [0, 0.1) is 0 Å². The maximum Gasteiger partial charge on any atom is 0.384 e. The molecule has 0 bridgehead atoms. The third kappa shape index (κ3) is 1.42. The summed E-state index contributed by atoms with van der Waals surface area (Å²) in [5.41, 5.74) is 0. The number of ether oxygens (including phenoxy) is 5. The third-order valence-corrected chi connectivity index (χ3v) is 2.37. The SMILES string of the molecule is COC1(OC)CC=COC1(OC)OC. The molecule has 0 amide bonds. The molecule has 1 heterocycles. The van der Waals surface area contributed by atoms with Gasteiger partial charge in [-0.1, -0.05) is 0 Å². The van der Waals surface area contributed by atoms with Crippen LogP contribution in [0.5, 0.6) is 0 Å². The Hall–Kier alpha value is -0.620. The molecule has 5 nitrogen and oxygen atoms in total. The van der Waals surface area contributed by atoms with Gasteiger partial charge in [-0.3, -0.25) is 0 Å². The fraction of sp³-hybridized carbons (Fsp3) is 0.778. The van der Waals surface area contributed by atoms with Gasteiger partial charge in [-0.05, 0) is 6.08 Å². The van der Waals surface area contributed by atoms with Crippen molar-refractivity contribution in [2.24, 2.45) is 0 Å². The van der Waals surface area contributed by atoms with Crippen LogP contribution in [0.25, 0.3) is 0 Å². The Morgan fingerprint density at radius 1 is 1.00 bits per heavy atom. The molecule has 0 atom stereocenters. The van der Waals surface area contributed by atoms with Gasteiger partial charge in [0.15, 0.2) is 0 Å². The molecule has 82 valence electrons. The normalized spacial score (nSPS) is 23.1. The largest absolute Gasteiger partial charge is 0.443 e. The summed E-state index contributed by atoms with van der Waals surface area (Å²) >= 11 is 0. The summed E-state index contributed by atoms with van der Waals surface area (Å²) in [5, 5.41) is 0. The van der Waals surface area contributed by atoms with Crippen LogP contribution >= 0.6 is 0 Å². The van der Waals surface area contributed by atoms with Gasteiger partial charge < -0.3 is 23.7 Å². The van der Waals surface area contributed by atoms with Gasteiger partial charge in [-0.2, -0.15) is 0 Å². The lowest BCUT2D eigenvalue weighted by Gasteiger charge is -2.45. The summed E-state index contributed by atoms with van der Waals surface area (Å²) < 4.78 is 26.2. The Labute approximate surface area is 83.5 Å². The van der Waals surface area contributed by atoms with Crippen molar-refractivity contribution in [1.29, 1.82) is 0 Å². The molecular formula is C9H16O5. The van der Waals surface area contributed by atoms with E-state index in [9.17, 15) is 0 Å². The van der Waals surface area contributed by atoms with Crippen molar-refractivity contribution in [2.45, 2.75) is 18.2 Å². The highest BCUT2D eigenvalue weighted by Gasteiger charge is 2.58. The van der Waals surface area contributed by atoms with E-state index in [1.165, 1.54) is 34.7 Å². The predicted molar refractivity (Wildman–Crippen MR) is 48.3 cm³/mol. The summed E-state index contributed by atoms with van der Waals surface area (Å²) in [6.45, 7) is 0. The Morgan fingerprint density at radius 3 is 1.93 bits per heavy atom. The summed E-state index contributed by atoms with van der Waals surface area (Å²) in [4.78, 5) is 0. The second-order valence-corrected chi connectivity index (χ2v) is 2.82. The Kier molecular flexibility index (Phi) is 3.49. The zero-order valence-corrected chi connectivity index (χ0v) is 8.90. The van der Waals surface area contributed by atoms with Gasteiger partial charge in [0.2, 0.25) is 0 Å². The molecule has 0 aromatic heterocycles. The third-order valence-electron chi connectivity index (χ3n) is 2.37. The lowest BCUT2D eigenvalue weighted by molar-refractivity contribution is -0.472. The van der Waals surface area contributed by atoms with Crippen LogP contribution in [0.4, 0.5) is 0 Å². The first kappa shape index (κ1) is 11.5. The van der Waals surface area contributed by atoms with E-state index >= 15 is 0 Å². The van der Waals surface area contributed by atoms with Gasteiger partial charge in [-0.25, -0.2) is 0 Å². The average Bonchev–Trinajstić information content (AvgIpc) is 2.28. The summed E-state index contributed by atoms with van der Waals surface area (Å²) in [5.74, 6) is -2.43. The van der Waals surface area contributed by atoms with E-state index in [4.69, 9.17) is 23.7 Å². The van der Waals surface area contributed by atoms with Crippen LogP contribution in [0.2, 0.25) is 0 Å². The van der Waals surface area contributed by atoms with E-state index in [2.05, 4.69) is 0 Å². The van der Waals surface area contributed by atoms with Crippen molar-refractivity contribution in [3.8, 4) is 0 Å². The lowest BCUT2D eigenvalue weighted by Crippen LogP contribution is -2.61. The molecule has 0 aliphatic carbocycles. The molecule has 14 heavy (non-hydrogen) atoms. The maximum absolute atomic E-state index is 5.29. The Morgan fingerprint density at radius 2 is 1.57 bits per heavy atom. The molecule has 0 N–H and O–H groups in total. The minimum absolute atomic E-state index is 0.488. The molecule has 5 heteroatoms. The molecule has 0 saturated carbocycles. The monoisotopic (exact) mass is 204 g/mol. The Bertz CT molecular complexity index is 183. The van der Waals surface area contributed by atoms with Gasteiger partial charge in [0.05, 0.1) is 6.26 Å². The minimum atomic E-state index is -1.36. The van der Waals surface area contributed by atoms with Crippen LogP contribution in [-0.4, -0.2) is 40.2 Å². The van der Waals surface area contributed by atoms with Gasteiger partial charge in [0.25, 0.3) is 5.79 Å². The molecule has 0 aromatic carbocycles. The van der Waals surface area contributed by atoms with Crippen molar-refractivity contribution in [3.63, 3.8) is 0 Å². The van der Waals surface area contributed by atoms with Crippen molar-refractivity contribution >= 4 is 0 Å². The highest BCUT2D eigenvalue weighted by atomic mass is 16.9. The highest BCUT2D eigenvalue weighted by molar-refractivity contribution is 4.96. The molecule has 0 unspecified atom stereocenters. The number of rotatable bonds is 4. The molecule has 0 fully saturated rings. The summed E-state index contributed by atoms with van der Waals surface area (Å²) in [6, 6.07) is 0. The fourth-order valence-electron chi connectivity index (χ4n) is 1.55. The standard InChI is InChI=1S/C9H16O5/c1-10-8(11-2)6-5-7-14-9(8,12-3)13-4/h5,7H,6H2,1-4H3. The average molecular weight is 204 g/mol. The quantitative estimate of drug-likeness (QED) is 0.635. The van der Waals surface area contributed by atoms with Gasteiger partial charge in [-0.15, -0.1) is 0 Å². The van der Waals surface area contributed by atoms with E-state index < -0.39 is 11.8 Å². The summed E-state index contributed by atoms with van der Waals surface area (Å²) in [7, 11) is 5.96. The van der Waals surface area contributed by atoms with Gasteiger partial charge >= 0.3 is 5.97 Å². The van der Waals surface area contributed by atoms with Crippen molar-refractivity contribution < 1.29 is 23.7 Å². The van der Waals surface area contributed by atoms with Crippen LogP contribution in [0.1, 0.15) is 6.42 Å². The smallest absolute Gasteiger partial charge is 0.384 e. The van der Waals surface area contributed by atoms with Gasteiger partial charge in [0.1, 0.15) is 0 Å². The van der Waals surface area contributed by atoms with Crippen LogP contribution in [0.15, 0.2) is 12.3 Å². The number of methoxy groups -OCH3 is 4. The molecule has 0 radical (unpaired) electrons. The molecule has 1 aliphatic rings. The zero-order valence-electron chi connectivity index (χ0n) is 8.90. The highest BCUT2D eigenvalue weighted by Crippen LogP contribution is 2.38. The molecule has 0 aromatic rings. The minimum Gasteiger partial charge on any atom is -0.443 e. The first-order valence-corrected chi connectivity index (χ1v) is 4.23. The van der Waals surface area contributed by atoms with Crippen LogP contribution in [0.3, 0.4) is 0 Å². The zero-order chi connectivity index (χ0) is 10.7. The van der Waals surface area contributed by atoms with Gasteiger partial charge in [0, 0.05) is 34.9 Å². The second-order valence-electron chi connectivity index (χ2n) is 2.82. The number of hydrogen-bond donors (Lipinski definition) is 0. The van der Waals surface area contributed by atoms with Crippen molar-refractivity contribution in [3.05, 3.63) is 12.3 Å². The number of hydrogen-bond acceptors (Lipinski definition) is 5. The lowest BCUT2D eigenvalue weighted by atomic mass is 10.1. The summed E-state index contributed by atoms with van der Waals surface area (Å²) in [6.07, 6.45) is 3.77. The molecule has 0 spiro atoms. The molecule has 1 aliphatic heterocycles. The van der Waals surface area contributed by atoms with E-state index in [1.54, 1.807) is 6.08 Å². The predicted octanol–water partition coefficient (Wildman–Crippen LogP) is 0.856. The molecular weight excluding hydrogens is 188 g/mol. The van der Waals surface area contributed by atoms with E-state index in [1.807, 2.05) is 0 Å². The molecule has 1 rings (SSSR count). The first-order valence-electron chi connectivity index (χ1n) is 4.23. The fourth-order valence-corrected chi connectivity index (χ4v) is 1.55. The van der Waals surface area contributed by atoms with E-state index in [0.29, 0.717) is 6.42 Å². The van der Waals surface area contributed by atoms with Crippen molar-refractivity contribution in [2.75, 3.05) is 28.4 Å². The van der Waals surface area contributed by atoms with Crippen LogP contribution < -0.4 is 0 Å².